The van der Waals surface area contributed by atoms with Crippen molar-refractivity contribution >= 4 is 163 Å². The third kappa shape index (κ3) is 23.6. The molecule has 122 heavy (non-hydrogen) atoms. The summed E-state index contributed by atoms with van der Waals surface area (Å²) in [4.78, 5) is 130. The Hall–Kier alpha value is -15.1. The van der Waals surface area contributed by atoms with Gasteiger partial charge in [-0.2, -0.15) is 0 Å². The number of amidine groups is 4. The van der Waals surface area contributed by atoms with Gasteiger partial charge in [0.05, 0.1) is 89.3 Å². The molecule has 0 fully saturated rings. The summed E-state index contributed by atoms with van der Waals surface area (Å²) in [7, 11) is 3.85. The topological polar surface area (TPSA) is 415 Å². The number of carbonyl (C=O) groups is 8. The number of hydrogen-bond donors (Lipinski definition) is 12. The molecule has 0 atom stereocenters. The number of rotatable bonds is 20. The molecule has 0 radical (unpaired) electrons. The fourth-order valence-electron chi connectivity index (χ4n) is 11.5. The van der Waals surface area contributed by atoms with Crippen LogP contribution in [-0.2, 0) is 0 Å². The number of likely N-dealkylation sites (N-methyl/N-ethyl adjacent to an activating group) is 2. The number of aromatic nitrogens is 4. The minimum atomic E-state index is -0.831. The lowest BCUT2D eigenvalue weighted by molar-refractivity contribution is 0.100. The van der Waals surface area contributed by atoms with Gasteiger partial charge >= 0.3 is 0 Å². The van der Waals surface area contributed by atoms with E-state index in [1.54, 1.807) is 84.9 Å². The second kappa shape index (κ2) is 40.8. The highest BCUT2D eigenvalue weighted by molar-refractivity contribution is 6.31. The number of benzene rings is 8. The second-order valence-electron chi connectivity index (χ2n) is 26.2. The molecule has 0 spiro atoms. The molecular weight excluding hydrogens is 1660 g/mol. The first kappa shape index (κ1) is 87.7. The van der Waals surface area contributed by atoms with Gasteiger partial charge in [-0.05, 0) is 158 Å². The van der Waals surface area contributed by atoms with Crippen molar-refractivity contribution in [3.05, 3.63) is 353 Å². The van der Waals surface area contributed by atoms with Gasteiger partial charge in [0.2, 0.25) is 0 Å². The largest absolute Gasteiger partial charge is 0.384 e. The Kier molecular flexibility index (Phi) is 29.4. The van der Waals surface area contributed by atoms with E-state index in [9.17, 15) is 55.9 Å². The summed E-state index contributed by atoms with van der Waals surface area (Å²) in [5.41, 5.74) is 14.2. The molecule has 14 rings (SSSR count). The van der Waals surface area contributed by atoms with Crippen molar-refractivity contribution in [2.75, 3.05) is 82.8 Å². The van der Waals surface area contributed by atoms with Crippen LogP contribution in [0.5, 0.6) is 0 Å². The number of nitrogens with two attached hydrogens (primary N) is 2. The highest BCUT2D eigenvalue weighted by atomic mass is 35.5. The van der Waals surface area contributed by atoms with Crippen molar-refractivity contribution in [3.8, 4) is 0 Å². The number of hydrogen-bond acceptors (Lipinski definition) is 18. The molecule has 0 unspecified atom stereocenters. The number of anilines is 8. The standard InChI is InChI=1S/2C23H19ClFN5O2.2C20H15ClFN5O2/c1-30-11-10-26-21(30)14-2-4-15(5-3-14)22(31)28-19-8-7-17(25)12-18(19)23(32)29-20-9-6-16(24)13-27-20;1-30-11-10-26-21(30)14-6-8-16(18(25)12-14)22(31)28-19-5-3-2-4-17(19)23(32)29-20-9-7-15(24)13-27-20;21-13-5-8-17(25-10-13)27-20(29)15-9-14(22)6-7-16(15)26-19(28)12-3-1-11(2-4-12)18(23)24;21-12-6-8-17(25-10-12)27-20(29)14-3-1-2-4-16(14)26-19(28)13-7-5-11(18(23)24)9-15(13)22/h2*2-9,12-13H,10-11H2,1H3,(H,28,31)(H,27,29,32);2*1-10H,(H3,23,24)(H,26,28)(H,25,27,29). The smallest absolute Gasteiger partial charge is 0.259 e. The number of para-hydroxylation sites is 2. The van der Waals surface area contributed by atoms with Gasteiger partial charge in [-0.1, -0.05) is 107 Å². The minimum absolute atomic E-state index is 0.0337. The fourth-order valence-corrected chi connectivity index (χ4v) is 11.9. The molecule has 36 heteroatoms. The quantitative estimate of drug-likeness (QED) is 0.0192. The molecule has 6 heterocycles. The van der Waals surface area contributed by atoms with E-state index in [1.807, 2.05) is 36.0 Å². The van der Waals surface area contributed by atoms with Crippen LogP contribution in [0.1, 0.15) is 105 Å². The van der Waals surface area contributed by atoms with E-state index in [4.69, 9.17) is 68.7 Å². The summed E-state index contributed by atoms with van der Waals surface area (Å²) in [6.45, 7) is 3.02. The second-order valence-corrected chi connectivity index (χ2v) is 27.9. The Bertz CT molecular complexity index is 6060. The number of nitrogens with zero attached hydrogens (tertiary/aromatic N) is 8. The van der Waals surface area contributed by atoms with E-state index in [2.05, 4.69) is 72.5 Å². The van der Waals surface area contributed by atoms with Crippen molar-refractivity contribution in [1.82, 2.24) is 29.7 Å². The van der Waals surface area contributed by atoms with Crippen molar-refractivity contribution < 1.29 is 55.9 Å². The number of carbonyl (C=O) groups excluding carboxylic acids is 8. The van der Waals surface area contributed by atoms with Crippen LogP contribution >= 0.6 is 46.4 Å². The molecule has 2 aliphatic heterocycles. The lowest BCUT2D eigenvalue weighted by Gasteiger charge is -2.15. The van der Waals surface area contributed by atoms with Crippen LogP contribution in [0.3, 0.4) is 0 Å². The summed E-state index contributed by atoms with van der Waals surface area (Å²) in [5.74, 6) is -5.16. The highest BCUT2D eigenvalue weighted by Gasteiger charge is 2.25. The Balaban J connectivity index is 0.000000159. The van der Waals surface area contributed by atoms with Gasteiger partial charge in [-0.15, -0.1) is 0 Å². The lowest BCUT2D eigenvalue weighted by Crippen LogP contribution is -2.24. The maximum Gasteiger partial charge on any atom is 0.259 e. The molecule has 4 aromatic heterocycles. The zero-order valence-electron chi connectivity index (χ0n) is 63.9. The molecule has 0 saturated carbocycles. The molecular formula is C86H68Cl4F4N20O8. The SMILES string of the molecule is CN1CCN=C1c1ccc(C(=O)Nc2ccc(F)cc2C(=O)Nc2ccc(Cl)cn2)cc1.CN1CCN=C1c1ccc(C(=O)Nc2ccccc2C(=O)Nc2ccc(Cl)cn2)c(F)c1.N=C(N)c1ccc(C(=O)Nc2ccc(F)cc2C(=O)Nc2ccc(Cl)cn2)cc1.N=C(N)c1ccc(C(=O)Nc2ccccc2C(=O)Nc2ccc(Cl)cn2)c(F)c1. The van der Waals surface area contributed by atoms with Gasteiger partial charge in [0.25, 0.3) is 47.3 Å². The van der Waals surface area contributed by atoms with E-state index < -0.39 is 70.5 Å². The third-order valence-electron chi connectivity index (χ3n) is 17.6. The molecule has 2 aliphatic rings. The molecule has 14 N–H and O–H groups in total. The summed E-state index contributed by atoms with van der Waals surface area (Å²) >= 11 is 23.1. The first-order valence-corrected chi connectivity index (χ1v) is 37.8. The van der Waals surface area contributed by atoms with Crippen LogP contribution in [0.2, 0.25) is 20.1 Å². The van der Waals surface area contributed by atoms with Crippen molar-refractivity contribution in [1.29, 1.82) is 10.8 Å². The Labute approximate surface area is 712 Å². The molecule has 0 bridgehead atoms. The van der Waals surface area contributed by atoms with Crippen LogP contribution in [0.15, 0.2) is 253 Å². The van der Waals surface area contributed by atoms with Crippen molar-refractivity contribution in [2.24, 2.45) is 21.5 Å². The maximum atomic E-state index is 14.7. The van der Waals surface area contributed by atoms with Gasteiger partial charge < -0.3 is 63.8 Å². The van der Waals surface area contributed by atoms with E-state index in [0.717, 1.165) is 55.3 Å². The molecule has 0 aliphatic carbocycles. The van der Waals surface area contributed by atoms with Gasteiger partial charge in [-0.25, -0.2) is 37.5 Å². The van der Waals surface area contributed by atoms with Gasteiger partial charge in [0, 0.05) is 85.4 Å². The van der Waals surface area contributed by atoms with Gasteiger partial charge in [0.1, 0.15) is 69.9 Å². The highest BCUT2D eigenvalue weighted by Crippen LogP contribution is 2.27. The summed E-state index contributed by atoms with van der Waals surface area (Å²) < 4.78 is 56.5. The number of aliphatic imine (C=N–C) groups is 2. The monoisotopic (exact) mass is 1720 g/mol. The molecule has 0 saturated heterocycles. The molecule has 8 aromatic carbocycles. The van der Waals surface area contributed by atoms with Gasteiger partial charge in [0.15, 0.2) is 0 Å². The number of nitrogen functional groups attached to an aromatic ring is 2. The zero-order valence-corrected chi connectivity index (χ0v) is 67.0. The van der Waals surface area contributed by atoms with E-state index in [-0.39, 0.29) is 96.4 Å². The number of amides is 8. The molecule has 12 aromatic rings. The number of nitrogens with one attached hydrogen (secondary N) is 10. The summed E-state index contributed by atoms with van der Waals surface area (Å²) in [6.07, 6.45) is 5.53. The first-order chi connectivity index (χ1) is 58.5. The van der Waals surface area contributed by atoms with E-state index in [1.165, 1.54) is 122 Å². The van der Waals surface area contributed by atoms with Crippen LogP contribution in [0, 0.1) is 34.1 Å². The minimum Gasteiger partial charge on any atom is -0.384 e. The number of pyridine rings is 4. The molecule has 8 amide bonds. The Morgan fingerprint density at radius 3 is 0.992 bits per heavy atom. The maximum absolute atomic E-state index is 14.7. The van der Waals surface area contributed by atoms with Crippen LogP contribution in [0.4, 0.5) is 63.6 Å². The number of halogens is 8. The van der Waals surface area contributed by atoms with E-state index in [0.29, 0.717) is 55.0 Å². The zero-order chi connectivity index (χ0) is 87.3. The van der Waals surface area contributed by atoms with Crippen molar-refractivity contribution in [3.63, 3.8) is 0 Å². The van der Waals surface area contributed by atoms with Crippen LogP contribution in [-0.4, -0.2) is 141 Å². The van der Waals surface area contributed by atoms with Crippen LogP contribution in [0.25, 0.3) is 0 Å². The predicted octanol–water partition coefficient (Wildman–Crippen LogP) is 15.5. The molecule has 28 nitrogen and oxygen atoms in total. The van der Waals surface area contributed by atoms with Crippen LogP contribution < -0.4 is 54.0 Å². The Morgan fingerprint density at radius 1 is 0.328 bits per heavy atom. The normalized spacial score (nSPS) is 11.7. The van der Waals surface area contributed by atoms with E-state index >= 15 is 0 Å². The third-order valence-corrected chi connectivity index (χ3v) is 18.5. The predicted molar refractivity (Wildman–Crippen MR) is 462 cm³/mol. The fraction of sp³-hybridized carbons (Fsp3) is 0.0698. The van der Waals surface area contributed by atoms with Crippen molar-refractivity contribution in [2.45, 2.75) is 0 Å². The lowest BCUT2D eigenvalue weighted by atomic mass is 10.1. The summed E-state index contributed by atoms with van der Waals surface area (Å²) in [5, 5.41) is 37.1. The first-order valence-electron chi connectivity index (χ1n) is 36.3. The Morgan fingerprint density at radius 2 is 0.639 bits per heavy atom. The summed E-state index contributed by atoms with van der Waals surface area (Å²) in [6, 6.07) is 53.1. The average Bonchev–Trinajstić information content (AvgIpc) is 1.74. The molecule has 616 valence electrons. The van der Waals surface area contributed by atoms with Gasteiger partial charge in [-0.3, -0.25) is 59.2 Å². The average molecular weight is 1730 g/mol.